The Morgan fingerprint density at radius 1 is 0.432 bits per heavy atom. The Bertz CT molecular complexity index is 1680. The molecule has 1 saturated heterocycles. The molecule has 6 atom stereocenters. The van der Waals surface area contributed by atoms with E-state index in [9.17, 15) is 34.5 Å². The molecule has 0 radical (unpaired) electrons. The number of rotatable bonds is 56. The summed E-state index contributed by atoms with van der Waals surface area (Å²) in [6.07, 6.45) is 60.4. The highest BCUT2D eigenvalue weighted by Crippen LogP contribution is 2.27. The van der Waals surface area contributed by atoms with E-state index in [0.29, 0.717) is 19.3 Å². The zero-order chi connectivity index (χ0) is 58.9. The molecule has 1 aliphatic rings. The van der Waals surface area contributed by atoms with Gasteiger partial charge in [-0.3, -0.25) is 14.4 Å². The summed E-state index contributed by atoms with van der Waals surface area (Å²) in [7, 11) is 0. The molecule has 0 aromatic rings. The third-order valence-corrected chi connectivity index (χ3v) is 14.8. The van der Waals surface area contributed by atoms with Crippen LogP contribution in [0.5, 0.6) is 0 Å². The Balaban J connectivity index is 2.68. The van der Waals surface area contributed by atoms with Crippen molar-refractivity contribution in [3.63, 3.8) is 0 Å². The largest absolute Gasteiger partial charge is 0.479 e. The molecule has 0 aromatic heterocycles. The fourth-order valence-electron chi connectivity index (χ4n) is 9.79. The molecule has 81 heavy (non-hydrogen) atoms. The summed E-state index contributed by atoms with van der Waals surface area (Å²) in [4.78, 5) is 51.3. The molecular formula is C69H118O12. The molecule has 6 unspecified atom stereocenters. The number of unbranched alkanes of at least 4 members (excludes halogenated alkanes) is 31. The van der Waals surface area contributed by atoms with Crippen LogP contribution in [0.4, 0.5) is 0 Å². The van der Waals surface area contributed by atoms with E-state index in [2.05, 4.69) is 75.5 Å². The maximum atomic E-state index is 13.1. The smallest absolute Gasteiger partial charge is 0.335 e. The minimum atomic E-state index is -1.92. The molecule has 1 fully saturated rings. The fraction of sp³-hybridized carbons (Fsp3) is 0.768. The third-order valence-electron chi connectivity index (χ3n) is 14.8. The maximum Gasteiger partial charge on any atom is 0.335 e. The number of aliphatic hydroxyl groups excluding tert-OH is 2. The van der Waals surface area contributed by atoms with Crippen LogP contribution >= 0.6 is 0 Å². The standard InChI is InChI=1S/C69H118O12/c1-4-7-10-13-16-19-22-25-28-30-31-33-35-37-40-43-46-49-52-55-61(70)77-58-60(79-62(71)56-53-50-47-44-41-38-34-27-24-21-18-15-12-9-6-3)59-78-69-67(65(74)64(73)66(81-69)68(75)76)80-63(72)57-54-51-48-45-42-39-36-32-29-26-23-20-17-14-11-8-5-2/h9,12,18,21,26-27,29,34,41,44,50,53,60,64-67,69,73-74H,4-8,10-11,13-17,19-20,22-25,28,30-33,35-40,42-43,45-49,51-52,54-59H2,1-3H3,(H,75,76)/b12-9-,21-18-,29-26-,34-27-,44-41-,53-50-. The van der Waals surface area contributed by atoms with Crippen molar-refractivity contribution in [2.75, 3.05) is 13.2 Å². The molecule has 0 amide bonds. The van der Waals surface area contributed by atoms with Gasteiger partial charge in [0.2, 0.25) is 0 Å². The summed E-state index contributed by atoms with van der Waals surface area (Å²) in [5, 5.41) is 31.6. The van der Waals surface area contributed by atoms with E-state index < -0.39 is 67.3 Å². The van der Waals surface area contributed by atoms with Gasteiger partial charge < -0.3 is 39.0 Å². The second kappa shape index (κ2) is 56.6. The third kappa shape index (κ3) is 46.3. The predicted octanol–water partition coefficient (Wildman–Crippen LogP) is 17.7. The summed E-state index contributed by atoms with van der Waals surface area (Å²) in [6, 6.07) is 0. The normalized spacial score (nSPS) is 18.2. The highest BCUT2D eigenvalue weighted by molar-refractivity contribution is 5.74. The Labute approximate surface area is 493 Å². The van der Waals surface area contributed by atoms with E-state index in [4.69, 9.17) is 23.7 Å². The van der Waals surface area contributed by atoms with Crippen molar-refractivity contribution >= 4 is 23.9 Å². The van der Waals surface area contributed by atoms with Crippen LogP contribution in [0.1, 0.15) is 290 Å². The first kappa shape index (κ1) is 75.2. The van der Waals surface area contributed by atoms with E-state index in [-0.39, 0.29) is 25.9 Å². The lowest BCUT2D eigenvalue weighted by Crippen LogP contribution is -2.61. The quantitative estimate of drug-likeness (QED) is 0.0228. The van der Waals surface area contributed by atoms with Gasteiger partial charge in [-0.25, -0.2) is 4.79 Å². The van der Waals surface area contributed by atoms with E-state index in [1.54, 1.807) is 6.08 Å². The fourth-order valence-corrected chi connectivity index (χ4v) is 9.79. The number of aliphatic carboxylic acids is 1. The molecule has 0 spiro atoms. The van der Waals surface area contributed by atoms with Gasteiger partial charge in [0.05, 0.1) is 13.0 Å². The summed E-state index contributed by atoms with van der Waals surface area (Å²) >= 11 is 0. The SMILES string of the molecule is CC/C=C\C/C=C\C/C=C\C/C=C\C/C=C\CC(=O)OC(COC(=O)CCCCCCCCCCCCCCCCCCCCC)COC1OC(C(=O)O)C(O)C(O)C1OC(=O)CCCCCCCCC/C=C\CCCCCCCC. The van der Waals surface area contributed by atoms with Crippen molar-refractivity contribution in [3.8, 4) is 0 Å². The van der Waals surface area contributed by atoms with Crippen molar-refractivity contribution in [2.45, 2.75) is 327 Å². The predicted molar refractivity (Wildman–Crippen MR) is 331 cm³/mol. The molecule has 1 aliphatic heterocycles. The van der Waals surface area contributed by atoms with Gasteiger partial charge in [-0.2, -0.15) is 0 Å². The van der Waals surface area contributed by atoms with Gasteiger partial charge in [0.15, 0.2) is 24.6 Å². The lowest BCUT2D eigenvalue weighted by Gasteiger charge is -2.40. The molecule has 466 valence electrons. The first-order valence-electron chi connectivity index (χ1n) is 32.9. The van der Waals surface area contributed by atoms with Gasteiger partial charge in [0.1, 0.15) is 18.8 Å². The minimum Gasteiger partial charge on any atom is -0.479 e. The van der Waals surface area contributed by atoms with Crippen LogP contribution < -0.4 is 0 Å². The second-order valence-electron chi connectivity index (χ2n) is 22.4. The van der Waals surface area contributed by atoms with Crippen LogP contribution in [0.2, 0.25) is 0 Å². The van der Waals surface area contributed by atoms with Crippen molar-refractivity contribution in [3.05, 3.63) is 72.9 Å². The average molecular weight is 1140 g/mol. The Hall–Kier alpha value is -3.84. The molecule has 12 nitrogen and oxygen atoms in total. The summed E-state index contributed by atoms with van der Waals surface area (Å²) < 4.78 is 28.4. The summed E-state index contributed by atoms with van der Waals surface area (Å²) in [5.74, 6) is -3.28. The van der Waals surface area contributed by atoms with Gasteiger partial charge in [-0.15, -0.1) is 0 Å². The second-order valence-corrected chi connectivity index (χ2v) is 22.4. The molecule has 0 aliphatic carbocycles. The monoisotopic (exact) mass is 1140 g/mol. The molecule has 0 bridgehead atoms. The number of hydrogen-bond donors (Lipinski definition) is 3. The van der Waals surface area contributed by atoms with Crippen molar-refractivity contribution in [2.24, 2.45) is 0 Å². The van der Waals surface area contributed by atoms with Gasteiger partial charge in [-0.1, -0.05) is 273 Å². The van der Waals surface area contributed by atoms with Crippen LogP contribution in [0.15, 0.2) is 72.9 Å². The molecule has 3 N–H and O–H groups in total. The number of ether oxygens (including phenoxy) is 5. The Morgan fingerprint density at radius 3 is 1.23 bits per heavy atom. The van der Waals surface area contributed by atoms with Gasteiger partial charge in [0, 0.05) is 12.8 Å². The van der Waals surface area contributed by atoms with Crippen molar-refractivity contribution in [1.82, 2.24) is 0 Å². The molecule has 1 heterocycles. The van der Waals surface area contributed by atoms with E-state index >= 15 is 0 Å². The first-order chi connectivity index (χ1) is 39.6. The topological polar surface area (TPSA) is 175 Å². The van der Waals surface area contributed by atoms with E-state index in [1.165, 1.54) is 148 Å². The van der Waals surface area contributed by atoms with Gasteiger partial charge >= 0.3 is 23.9 Å². The molecule has 0 saturated carbocycles. The Morgan fingerprint density at radius 2 is 0.815 bits per heavy atom. The molecule has 0 aromatic carbocycles. The Kier molecular flexibility index (Phi) is 52.6. The van der Waals surface area contributed by atoms with Crippen molar-refractivity contribution in [1.29, 1.82) is 0 Å². The van der Waals surface area contributed by atoms with Gasteiger partial charge in [0.25, 0.3) is 0 Å². The number of allylic oxidation sites excluding steroid dienone is 11. The van der Waals surface area contributed by atoms with Crippen LogP contribution in [-0.4, -0.2) is 89.2 Å². The lowest BCUT2D eigenvalue weighted by molar-refractivity contribution is -0.301. The van der Waals surface area contributed by atoms with Crippen LogP contribution in [0.25, 0.3) is 0 Å². The molecule has 1 rings (SSSR count). The number of aliphatic hydroxyl groups is 2. The van der Waals surface area contributed by atoms with E-state index in [0.717, 1.165) is 83.5 Å². The number of carbonyl (C=O) groups excluding carboxylic acids is 3. The summed E-state index contributed by atoms with van der Waals surface area (Å²) in [5.41, 5.74) is 0. The highest BCUT2D eigenvalue weighted by atomic mass is 16.7. The number of esters is 3. The van der Waals surface area contributed by atoms with Crippen LogP contribution in [0, 0.1) is 0 Å². The number of carbonyl (C=O) groups is 4. The first-order valence-corrected chi connectivity index (χ1v) is 32.9. The van der Waals surface area contributed by atoms with Crippen molar-refractivity contribution < 1.29 is 58.2 Å². The van der Waals surface area contributed by atoms with Crippen LogP contribution in [-0.2, 0) is 42.9 Å². The average Bonchev–Trinajstić information content (AvgIpc) is 3.53. The minimum absolute atomic E-state index is 0.0449. The number of hydrogen-bond acceptors (Lipinski definition) is 11. The number of carboxylic acids is 1. The molecule has 12 heteroatoms. The number of carboxylic acid groups (broad SMARTS) is 1. The van der Waals surface area contributed by atoms with Gasteiger partial charge in [-0.05, 0) is 70.6 Å². The lowest BCUT2D eigenvalue weighted by atomic mass is 9.98. The zero-order valence-corrected chi connectivity index (χ0v) is 51.5. The highest BCUT2D eigenvalue weighted by Gasteiger charge is 2.50. The summed E-state index contributed by atoms with van der Waals surface area (Å²) in [6.45, 7) is 5.83. The molecular weight excluding hydrogens is 1020 g/mol. The zero-order valence-electron chi connectivity index (χ0n) is 51.5. The van der Waals surface area contributed by atoms with E-state index in [1.807, 2.05) is 12.2 Å². The van der Waals surface area contributed by atoms with Crippen LogP contribution in [0.3, 0.4) is 0 Å². The maximum absolute atomic E-state index is 13.1.